The minimum atomic E-state index is 0.224. The van der Waals surface area contributed by atoms with Gasteiger partial charge in [-0.3, -0.25) is 4.79 Å². The molecule has 1 aromatic rings. The zero-order chi connectivity index (χ0) is 11.1. The topological polar surface area (TPSA) is 43.1 Å². The molecule has 0 aliphatic heterocycles. The van der Waals surface area contributed by atoms with E-state index in [0.717, 1.165) is 6.42 Å². The van der Waals surface area contributed by atoms with Gasteiger partial charge in [0.05, 0.1) is 0 Å². The molecule has 0 radical (unpaired) electrons. The Kier molecular flexibility index (Phi) is 5.43. The number of nitrogens with two attached hydrogens (primary N) is 1. The van der Waals surface area contributed by atoms with Crippen LogP contribution in [0, 0.1) is 5.92 Å². The first kappa shape index (κ1) is 12.3. The predicted octanol–water partition coefficient (Wildman–Crippen LogP) is 2.08. The number of rotatable bonds is 5. The fraction of sp³-hybridized carbons (Fsp3) is 0.417. The molecule has 0 aliphatic rings. The Morgan fingerprint density at radius 1 is 1.40 bits per heavy atom. The Morgan fingerprint density at radius 2 is 2.07 bits per heavy atom. The summed E-state index contributed by atoms with van der Waals surface area (Å²) < 4.78 is 0. The second-order valence-corrected chi connectivity index (χ2v) is 4.44. The lowest BCUT2D eigenvalue weighted by molar-refractivity contribution is -0.111. The van der Waals surface area contributed by atoms with Gasteiger partial charge in [-0.2, -0.15) is 0 Å². The summed E-state index contributed by atoms with van der Waals surface area (Å²) in [5, 5.41) is 0.224. The molecular weight excluding hydrogens is 206 g/mol. The van der Waals surface area contributed by atoms with Crippen LogP contribution in [-0.2, 0) is 11.2 Å². The molecule has 15 heavy (non-hydrogen) atoms. The summed E-state index contributed by atoms with van der Waals surface area (Å²) in [6.45, 7) is 0.571. The molecule has 2 N–H and O–H groups in total. The first-order chi connectivity index (χ1) is 7.26. The Hall–Kier alpha value is -0.800. The molecule has 3 heteroatoms. The third kappa shape index (κ3) is 4.49. The van der Waals surface area contributed by atoms with Crippen molar-refractivity contribution >= 4 is 16.9 Å². The smallest absolute Gasteiger partial charge is 0.189 e. The second-order valence-electron chi connectivity index (χ2n) is 3.57. The normalized spacial score (nSPS) is 12.4. The van der Waals surface area contributed by atoms with Crippen molar-refractivity contribution in [1.29, 1.82) is 0 Å². The zero-order valence-electron chi connectivity index (χ0n) is 8.98. The van der Waals surface area contributed by atoms with E-state index >= 15 is 0 Å². The van der Waals surface area contributed by atoms with Gasteiger partial charge in [0, 0.05) is 6.42 Å². The van der Waals surface area contributed by atoms with Gasteiger partial charge < -0.3 is 5.73 Å². The standard InChI is InChI=1S/C12H17NOS/c1-15-12(14)8-11(9-13)7-10-5-3-2-4-6-10/h2-6,11H,7-9,13H2,1H3/t11-/m0/s1. The van der Waals surface area contributed by atoms with Crippen molar-refractivity contribution in [3.8, 4) is 0 Å². The summed E-state index contributed by atoms with van der Waals surface area (Å²) in [6.07, 6.45) is 3.29. The molecule has 1 rings (SSSR count). The Labute approximate surface area is 95.2 Å². The maximum Gasteiger partial charge on any atom is 0.189 e. The molecule has 0 saturated heterocycles. The highest BCUT2D eigenvalue weighted by Gasteiger charge is 2.12. The molecule has 0 fully saturated rings. The van der Waals surface area contributed by atoms with E-state index in [0.29, 0.717) is 13.0 Å². The third-order valence-electron chi connectivity index (χ3n) is 2.38. The summed E-state index contributed by atoms with van der Waals surface area (Å²) in [4.78, 5) is 11.3. The van der Waals surface area contributed by atoms with Crippen LogP contribution < -0.4 is 5.73 Å². The van der Waals surface area contributed by atoms with Crippen molar-refractivity contribution < 1.29 is 4.79 Å². The van der Waals surface area contributed by atoms with E-state index in [1.165, 1.54) is 17.3 Å². The van der Waals surface area contributed by atoms with Crippen molar-refractivity contribution in [3.05, 3.63) is 35.9 Å². The van der Waals surface area contributed by atoms with Gasteiger partial charge in [0.2, 0.25) is 0 Å². The van der Waals surface area contributed by atoms with E-state index in [-0.39, 0.29) is 11.0 Å². The molecule has 0 bridgehead atoms. The van der Waals surface area contributed by atoms with E-state index in [4.69, 9.17) is 5.73 Å². The van der Waals surface area contributed by atoms with Crippen LogP contribution in [0.1, 0.15) is 12.0 Å². The number of hydrogen-bond donors (Lipinski definition) is 1. The Morgan fingerprint density at radius 3 is 2.60 bits per heavy atom. The second kappa shape index (κ2) is 6.64. The van der Waals surface area contributed by atoms with Crippen molar-refractivity contribution in [2.45, 2.75) is 12.8 Å². The molecule has 0 aromatic heterocycles. The molecule has 0 spiro atoms. The van der Waals surface area contributed by atoms with E-state index in [1.807, 2.05) is 24.5 Å². The molecule has 0 unspecified atom stereocenters. The summed E-state index contributed by atoms with van der Waals surface area (Å²) >= 11 is 1.28. The van der Waals surface area contributed by atoms with Crippen LogP contribution in [-0.4, -0.2) is 17.9 Å². The van der Waals surface area contributed by atoms with Gasteiger partial charge in [-0.15, -0.1) is 0 Å². The van der Waals surface area contributed by atoms with E-state index in [1.54, 1.807) is 0 Å². The minimum Gasteiger partial charge on any atom is -0.330 e. The van der Waals surface area contributed by atoms with Crippen LogP contribution in [0.15, 0.2) is 30.3 Å². The molecular formula is C12H17NOS. The van der Waals surface area contributed by atoms with Gasteiger partial charge in [-0.1, -0.05) is 42.1 Å². The lowest BCUT2D eigenvalue weighted by atomic mass is 9.97. The van der Waals surface area contributed by atoms with Crippen LogP contribution in [0.5, 0.6) is 0 Å². The third-order valence-corrected chi connectivity index (χ3v) is 3.01. The Bertz CT molecular complexity index is 300. The quantitative estimate of drug-likeness (QED) is 0.831. The lowest BCUT2D eigenvalue weighted by Crippen LogP contribution is -2.19. The van der Waals surface area contributed by atoms with Gasteiger partial charge in [-0.25, -0.2) is 0 Å². The predicted molar refractivity (Wildman–Crippen MR) is 65.8 cm³/mol. The van der Waals surface area contributed by atoms with E-state index in [2.05, 4.69) is 12.1 Å². The van der Waals surface area contributed by atoms with Gasteiger partial charge >= 0.3 is 0 Å². The number of hydrogen-bond acceptors (Lipinski definition) is 3. The van der Waals surface area contributed by atoms with Crippen molar-refractivity contribution in [2.24, 2.45) is 11.7 Å². The molecule has 0 saturated carbocycles. The monoisotopic (exact) mass is 223 g/mol. The van der Waals surface area contributed by atoms with Crippen molar-refractivity contribution in [3.63, 3.8) is 0 Å². The molecule has 2 nitrogen and oxygen atoms in total. The zero-order valence-corrected chi connectivity index (χ0v) is 9.80. The Balaban J connectivity index is 2.50. The summed E-state index contributed by atoms with van der Waals surface area (Å²) in [6, 6.07) is 10.2. The van der Waals surface area contributed by atoms with Gasteiger partial charge in [0.1, 0.15) is 0 Å². The van der Waals surface area contributed by atoms with Crippen LogP contribution in [0.2, 0.25) is 0 Å². The first-order valence-electron chi connectivity index (χ1n) is 5.07. The largest absolute Gasteiger partial charge is 0.330 e. The highest BCUT2D eigenvalue weighted by molar-refractivity contribution is 8.13. The van der Waals surface area contributed by atoms with Gasteiger partial charge in [0.15, 0.2) is 5.12 Å². The molecule has 0 heterocycles. The van der Waals surface area contributed by atoms with Crippen molar-refractivity contribution in [2.75, 3.05) is 12.8 Å². The molecule has 0 amide bonds. The molecule has 82 valence electrons. The maximum atomic E-state index is 11.3. The summed E-state index contributed by atoms with van der Waals surface area (Å²) in [5.41, 5.74) is 6.91. The fourth-order valence-electron chi connectivity index (χ4n) is 1.51. The number of benzene rings is 1. The summed E-state index contributed by atoms with van der Waals surface area (Å²) in [5.74, 6) is 0.271. The van der Waals surface area contributed by atoms with Crippen molar-refractivity contribution in [1.82, 2.24) is 0 Å². The molecule has 0 aliphatic carbocycles. The number of thioether (sulfide) groups is 1. The SMILES string of the molecule is CSC(=O)C[C@@H](CN)Cc1ccccc1. The first-order valence-corrected chi connectivity index (χ1v) is 6.29. The van der Waals surface area contributed by atoms with E-state index in [9.17, 15) is 4.79 Å². The van der Waals surface area contributed by atoms with Crippen LogP contribution in [0.4, 0.5) is 0 Å². The lowest BCUT2D eigenvalue weighted by Gasteiger charge is -2.12. The highest BCUT2D eigenvalue weighted by atomic mass is 32.2. The average molecular weight is 223 g/mol. The van der Waals surface area contributed by atoms with Crippen LogP contribution in [0.3, 0.4) is 0 Å². The van der Waals surface area contributed by atoms with Gasteiger partial charge in [0.25, 0.3) is 0 Å². The molecule has 1 atom stereocenters. The number of carbonyl (C=O) groups excluding carboxylic acids is 1. The average Bonchev–Trinajstić information content (AvgIpc) is 2.29. The maximum absolute atomic E-state index is 11.3. The van der Waals surface area contributed by atoms with Crippen LogP contribution in [0.25, 0.3) is 0 Å². The van der Waals surface area contributed by atoms with Gasteiger partial charge in [-0.05, 0) is 30.7 Å². The fourth-order valence-corrected chi connectivity index (χ4v) is 1.91. The van der Waals surface area contributed by atoms with Crippen LogP contribution >= 0.6 is 11.8 Å². The minimum absolute atomic E-state index is 0.224. The summed E-state index contributed by atoms with van der Waals surface area (Å²) in [7, 11) is 0. The highest BCUT2D eigenvalue weighted by Crippen LogP contribution is 2.14. The van der Waals surface area contributed by atoms with E-state index < -0.39 is 0 Å². The molecule has 1 aromatic carbocycles. The number of carbonyl (C=O) groups is 1.